The molecule has 160 valence electrons. The summed E-state index contributed by atoms with van der Waals surface area (Å²) in [6.45, 7) is 7.04. The van der Waals surface area contributed by atoms with Crippen LogP contribution in [0.25, 0.3) is 10.8 Å². The predicted molar refractivity (Wildman–Crippen MR) is 124 cm³/mol. The zero-order valence-electron chi connectivity index (χ0n) is 18.1. The number of nitrogens with one attached hydrogen (secondary N) is 2. The molecule has 3 aromatic carbocycles. The maximum Gasteiger partial charge on any atom is 0.319 e. The Morgan fingerprint density at radius 1 is 1.00 bits per heavy atom. The molecule has 0 aliphatic carbocycles. The smallest absolute Gasteiger partial charge is 0.319 e. The fourth-order valence-electron chi connectivity index (χ4n) is 3.62. The Bertz CT molecular complexity index is 1130. The molecule has 0 fully saturated rings. The minimum absolute atomic E-state index is 0.0231. The highest BCUT2D eigenvalue weighted by Gasteiger charge is 2.32. The number of hydrogen-bond acceptors (Lipinski definition) is 3. The van der Waals surface area contributed by atoms with Gasteiger partial charge in [-0.05, 0) is 40.6 Å². The van der Waals surface area contributed by atoms with Gasteiger partial charge in [-0.3, -0.25) is 4.79 Å². The summed E-state index contributed by atoms with van der Waals surface area (Å²) < 4.78 is 5.69. The minimum atomic E-state index is -0.505. The van der Waals surface area contributed by atoms with Crippen LogP contribution in [0.3, 0.4) is 0 Å². The lowest BCUT2D eigenvalue weighted by molar-refractivity contribution is -0.126. The van der Waals surface area contributed by atoms with E-state index in [1.807, 2.05) is 39.0 Å². The Morgan fingerprint density at radius 3 is 2.55 bits per heavy atom. The van der Waals surface area contributed by atoms with Crippen molar-refractivity contribution in [2.45, 2.75) is 27.3 Å². The molecule has 0 atom stereocenters. The van der Waals surface area contributed by atoms with Gasteiger partial charge in [0.25, 0.3) is 0 Å². The molecule has 6 nitrogen and oxygen atoms in total. The number of benzene rings is 3. The lowest BCUT2D eigenvalue weighted by Crippen LogP contribution is -2.44. The van der Waals surface area contributed by atoms with E-state index >= 15 is 0 Å². The molecule has 3 amide bonds. The summed E-state index contributed by atoms with van der Waals surface area (Å²) in [4.78, 5) is 27.0. The highest BCUT2D eigenvalue weighted by molar-refractivity contribution is 6.00. The molecule has 1 heterocycles. The molecule has 0 bridgehead atoms. The molecule has 0 saturated carbocycles. The Balaban J connectivity index is 1.44. The van der Waals surface area contributed by atoms with Gasteiger partial charge in [-0.1, -0.05) is 57.2 Å². The highest BCUT2D eigenvalue weighted by Crippen LogP contribution is 2.36. The van der Waals surface area contributed by atoms with Crippen molar-refractivity contribution in [1.29, 1.82) is 0 Å². The highest BCUT2D eigenvalue weighted by atomic mass is 16.5. The fraction of sp³-hybridized carbons (Fsp3) is 0.280. The van der Waals surface area contributed by atoms with E-state index in [1.165, 1.54) is 5.39 Å². The minimum Gasteiger partial charge on any atom is -0.490 e. The van der Waals surface area contributed by atoms with Crippen LogP contribution in [0, 0.1) is 5.41 Å². The van der Waals surface area contributed by atoms with E-state index < -0.39 is 5.41 Å². The van der Waals surface area contributed by atoms with Crippen molar-refractivity contribution in [3.8, 4) is 5.75 Å². The third kappa shape index (κ3) is 4.63. The quantitative estimate of drug-likeness (QED) is 0.635. The molecule has 0 spiro atoms. The average Bonchev–Trinajstić information content (AvgIpc) is 2.76. The summed E-state index contributed by atoms with van der Waals surface area (Å²) >= 11 is 0. The van der Waals surface area contributed by atoms with Crippen molar-refractivity contribution >= 4 is 34.1 Å². The summed E-state index contributed by atoms with van der Waals surface area (Å²) in [5.74, 6) is 0.668. The summed E-state index contributed by atoms with van der Waals surface area (Å²) in [5, 5.41) is 8.05. The zero-order chi connectivity index (χ0) is 22.0. The second-order valence-electron chi connectivity index (χ2n) is 8.73. The van der Waals surface area contributed by atoms with Crippen LogP contribution in [0.1, 0.15) is 26.3 Å². The monoisotopic (exact) mass is 417 g/mol. The predicted octanol–water partition coefficient (Wildman–Crippen LogP) is 4.93. The SMILES string of the molecule is CC(C)(C)C(=O)N1CCOc2ccc(NC(=O)NCc3ccc4ccccc4c3)cc21. The molecule has 4 rings (SSSR count). The van der Waals surface area contributed by atoms with E-state index in [0.29, 0.717) is 36.8 Å². The van der Waals surface area contributed by atoms with Crippen LogP contribution in [0.2, 0.25) is 0 Å². The van der Waals surface area contributed by atoms with Gasteiger partial charge in [-0.25, -0.2) is 4.79 Å². The molecular formula is C25H27N3O3. The van der Waals surface area contributed by atoms with Gasteiger partial charge in [0, 0.05) is 17.6 Å². The molecule has 0 aromatic heterocycles. The van der Waals surface area contributed by atoms with Crippen LogP contribution in [0.4, 0.5) is 16.2 Å². The van der Waals surface area contributed by atoms with E-state index in [9.17, 15) is 9.59 Å². The van der Waals surface area contributed by atoms with E-state index in [-0.39, 0.29) is 11.9 Å². The second kappa shape index (κ2) is 8.30. The van der Waals surface area contributed by atoms with E-state index in [4.69, 9.17) is 4.74 Å². The number of rotatable bonds is 3. The zero-order valence-corrected chi connectivity index (χ0v) is 18.1. The largest absolute Gasteiger partial charge is 0.490 e. The molecule has 1 aliphatic rings. The van der Waals surface area contributed by atoms with Crippen molar-refractivity contribution in [1.82, 2.24) is 5.32 Å². The second-order valence-corrected chi connectivity index (χ2v) is 8.73. The van der Waals surface area contributed by atoms with Gasteiger partial charge in [0.1, 0.15) is 12.4 Å². The van der Waals surface area contributed by atoms with E-state index in [0.717, 1.165) is 10.9 Å². The number of amides is 3. The summed E-state index contributed by atoms with van der Waals surface area (Å²) in [7, 11) is 0. The number of carbonyl (C=O) groups is 2. The first-order valence-electron chi connectivity index (χ1n) is 10.4. The van der Waals surface area contributed by atoms with Gasteiger partial charge in [0.2, 0.25) is 5.91 Å². The normalized spacial score (nSPS) is 13.3. The Labute approximate surface area is 182 Å². The number of nitrogens with zero attached hydrogens (tertiary/aromatic N) is 1. The maximum absolute atomic E-state index is 12.8. The Kier molecular flexibility index (Phi) is 5.55. The number of urea groups is 1. The first-order chi connectivity index (χ1) is 14.8. The van der Waals surface area contributed by atoms with Gasteiger partial charge < -0.3 is 20.3 Å². The van der Waals surface area contributed by atoms with Gasteiger partial charge in [-0.2, -0.15) is 0 Å². The molecule has 0 saturated heterocycles. The lowest BCUT2D eigenvalue weighted by Gasteiger charge is -2.34. The van der Waals surface area contributed by atoms with Crippen LogP contribution in [0.15, 0.2) is 60.7 Å². The molecule has 0 radical (unpaired) electrons. The van der Waals surface area contributed by atoms with Crippen LogP contribution in [0.5, 0.6) is 5.75 Å². The molecule has 6 heteroatoms. The van der Waals surface area contributed by atoms with Gasteiger partial charge in [-0.15, -0.1) is 0 Å². The first kappa shape index (κ1) is 20.7. The van der Waals surface area contributed by atoms with E-state index in [1.54, 1.807) is 23.1 Å². The average molecular weight is 418 g/mol. The number of hydrogen-bond donors (Lipinski definition) is 2. The standard InChI is InChI=1S/C25H27N3O3/c1-25(2,3)23(29)28-12-13-31-22-11-10-20(15-21(22)28)27-24(30)26-16-17-8-9-18-6-4-5-7-19(18)14-17/h4-11,14-15H,12-13,16H2,1-3H3,(H2,26,27,30). The van der Waals surface area contributed by atoms with Gasteiger partial charge in [0.05, 0.1) is 12.2 Å². The number of carbonyl (C=O) groups excluding carboxylic acids is 2. The van der Waals surface area contributed by atoms with Crippen LogP contribution >= 0.6 is 0 Å². The topological polar surface area (TPSA) is 70.7 Å². The van der Waals surface area contributed by atoms with Gasteiger partial charge >= 0.3 is 6.03 Å². The molecule has 31 heavy (non-hydrogen) atoms. The van der Waals surface area contributed by atoms with Crippen LogP contribution in [-0.2, 0) is 11.3 Å². The Morgan fingerprint density at radius 2 is 1.77 bits per heavy atom. The maximum atomic E-state index is 12.8. The molecule has 3 aromatic rings. The summed E-state index contributed by atoms with van der Waals surface area (Å²) in [6, 6.07) is 19.3. The van der Waals surface area contributed by atoms with Crippen molar-refractivity contribution < 1.29 is 14.3 Å². The fourth-order valence-corrected chi connectivity index (χ4v) is 3.62. The Hall–Kier alpha value is -3.54. The van der Waals surface area contributed by atoms with Crippen molar-refractivity contribution in [3.63, 3.8) is 0 Å². The lowest BCUT2D eigenvalue weighted by atomic mass is 9.94. The van der Waals surface area contributed by atoms with Crippen molar-refractivity contribution in [3.05, 3.63) is 66.2 Å². The molecule has 1 aliphatic heterocycles. The third-order valence-electron chi connectivity index (χ3n) is 5.23. The first-order valence-corrected chi connectivity index (χ1v) is 10.4. The molecule has 0 unspecified atom stereocenters. The number of fused-ring (bicyclic) bond motifs is 2. The van der Waals surface area contributed by atoms with E-state index in [2.05, 4.69) is 34.9 Å². The van der Waals surface area contributed by atoms with Crippen LogP contribution < -0.4 is 20.3 Å². The third-order valence-corrected chi connectivity index (χ3v) is 5.23. The summed E-state index contributed by atoms with van der Waals surface area (Å²) in [5.41, 5.74) is 1.80. The number of ether oxygens (including phenoxy) is 1. The summed E-state index contributed by atoms with van der Waals surface area (Å²) in [6.07, 6.45) is 0. The van der Waals surface area contributed by atoms with Gasteiger partial charge in [0.15, 0.2) is 0 Å². The van der Waals surface area contributed by atoms with Crippen LogP contribution in [-0.4, -0.2) is 25.1 Å². The number of anilines is 2. The molecule has 2 N–H and O–H groups in total. The van der Waals surface area contributed by atoms with Crippen molar-refractivity contribution in [2.75, 3.05) is 23.4 Å². The molecular weight excluding hydrogens is 390 g/mol. The van der Waals surface area contributed by atoms with Crippen molar-refractivity contribution in [2.24, 2.45) is 5.41 Å².